The Balaban J connectivity index is 2.31. The van der Waals surface area contributed by atoms with Crippen molar-refractivity contribution >= 4 is 66.5 Å². The van der Waals surface area contributed by atoms with E-state index in [1.807, 2.05) is 30.3 Å². The van der Waals surface area contributed by atoms with Gasteiger partial charge in [0.25, 0.3) is 0 Å². The minimum Gasteiger partial charge on any atom is -0.467 e. The number of ether oxygens (including phenoxy) is 1. The van der Waals surface area contributed by atoms with Crippen molar-refractivity contribution in [3.63, 3.8) is 0 Å². The van der Waals surface area contributed by atoms with Crippen molar-refractivity contribution in [2.45, 2.75) is 6.04 Å². The molecule has 0 saturated carbocycles. The van der Waals surface area contributed by atoms with Gasteiger partial charge in [-0.3, -0.25) is 0 Å². The average Bonchev–Trinajstić information content (AvgIpc) is 2.75. The molecule has 0 amide bonds. The highest BCUT2D eigenvalue weighted by Crippen LogP contribution is 2.36. The van der Waals surface area contributed by atoms with Gasteiger partial charge in [-0.25, -0.2) is 4.79 Å². The highest BCUT2D eigenvalue weighted by Gasteiger charge is 2.24. The third-order valence-corrected chi connectivity index (χ3v) is 5.55. The van der Waals surface area contributed by atoms with Gasteiger partial charge in [-0.05, 0) is 40.2 Å². The lowest BCUT2D eigenvalue weighted by molar-refractivity contribution is -0.141. The standard InChI is InChI=1S/C13H10Br2ClNO2S/c1-19-13(18)11(10-6-9(15)12(16)20-10)17-8-4-2-3-7(14)5-8/h2-6,11,17H,1H3. The Morgan fingerprint density at radius 2 is 2.15 bits per heavy atom. The number of rotatable bonds is 4. The molecule has 0 aliphatic heterocycles. The third-order valence-electron chi connectivity index (χ3n) is 2.52. The molecule has 20 heavy (non-hydrogen) atoms. The summed E-state index contributed by atoms with van der Waals surface area (Å²) in [6, 6.07) is 8.79. The Labute approximate surface area is 142 Å². The molecule has 1 N–H and O–H groups in total. The summed E-state index contributed by atoms with van der Waals surface area (Å²) < 4.78 is 7.15. The maximum Gasteiger partial charge on any atom is 0.333 e. The maximum atomic E-state index is 12.0. The van der Waals surface area contributed by atoms with Crippen molar-refractivity contribution in [2.24, 2.45) is 0 Å². The fourth-order valence-electron chi connectivity index (χ4n) is 1.61. The molecule has 0 radical (unpaired) electrons. The SMILES string of the molecule is COC(=O)C(Nc1cccc(Br)c1)c1cc(Br)c(Cl)s1. The Kier molecular flexibility index (Phi) is 5.49. The Hall–Kier alpha value is -0.560. The van der Waals surface area contributed by atoms with E-state index in [9.17, 15) is 4.79 Å². The molecule has 3 nitrogen and oxygen atoms in total. The second kappa shape index (κ2) is 6.93. The number of methoxy groups -OCH3 is 1. The summed E-state index contributed by atoms with van der Waals surface area (Å²) in [4.78, 5) is 12.8. The number of carbonyl (C=O) groups excluding carboxylic acids is 1. The highest BCUT2D eigenvalue weighted by atomic mass is 79.9. The largest absolute Gasteiger partial charge is 0.467 e. The van der Waals surface area contributed by atoms with Gasteiger partial charge in [0.05, 0.1) is 7.11 Å². The zero-order valence-corrected chi connectivity index (χ0v) is 15.1. The minimum absolute atomic E-state index is 0.365. The lowest BCUT2D eigenvalue weighted by Crippen LogP contribution is -2.21. The molecule has 2 aromatic rings. The number of benzene rings is 1. The zero-order valence-electron chi connectivity index (χ0n) is 10.3. The van der Waals surface area contributed by atoms with Gasteiger partial charge in [-0.1, -0.05) is 33.6 Å². The molecule has 1 unspecified atom stereocenters. The van der Waals surface area contributed by atoms with Crippen molar-refractivity contribution in [3.8, 4) is 0 Å². The summed E-state index contributed by atoms with van der Waals surface area (Å²) in [5.41, 5.74) is 0.815. The molecule has 0 spiro atoms. The maximum absolute atomic E-state index is 12.0. The van der Waals surface area contributed by atoms with Crippen LogP contribution in [0.5, 0.6) is 0 Å². The predicted molar refractivity (Wildman–Crippen MR) is 89.6 cm³/mol. The normalized spacial score (nSPS) is 12.0. The Bertz CT molecular complexity index is 613. The van der Waals surface area contributed by atoms with Crippen LogP contribution < -0.4 is 5.32 Å². The van der Waals surface area contributed by atoms with Gasteiger partial charge in [0.15, 0.2) is 6.04 Å². The van der Waals surface area contributed by atoms with Crippen LogP contribution in [0.15, 0.2) is 39.3 Å². The molecule has 1 aromatic carbocycles. The Morgan fingerprint density at radius 3 is 2.70 bits per heavy atom. The van der Waals surface area contributed by atoms with E-state index >= 15 is 0 Å². The quantitative estimate of drug-likeness (QED) is 0.661. The van der Waals surface area contributed by atoms with E-state index in [0.717, 1.165) is 19.5 Å². The molecule has 0 aliphatic carbocycles. The van der Waals surface area contributed by atoms with Gasteiger partial charge in [-0.2, -0.15) is 0 Å². The van der Waals surface area contributed by atoms with Crippen LogP contribution in [0.2, 0.25) is 4.34 Å². The fraction of sp³-hybridized carbons (Fsp3) is 0.154. The predicted octanol–water partition coefficient (Wildman–Crippen LogP) is 5.25. The van der Waals surface area contributed by atoms with Gasteiger partial charge in [0.1, 0.15) is 4.34 Å². The van der Waals surface area contributed by atoms with E-state index in [0.29, 0.717) is 4.34 Å². The van der Waals surface area contributed by atoms with E-state index in [1.165, 1.54) is 18.4 Å². The molecule has 106 valence electrons. The lowest BCUT2D eigenvalue weighted by atomic mass is 10.2. The first-order chi connectivity index (χ1) is 9.51. The van der Waals surface area contributed by atoms with Crippen molar-refractivity contribution in [1.29, 1.82) is 0 Å². The van der Waals surface area contributed by atoms with Gasteiger partial charge in [0.2, 0.25) is 0 Å². The Morgan fingerprint density at radius 1 is 1.40 bits per heavy atom. The average molecular weight is 440 g/mol. The van der Waals surface area contributed by atoms with E-state index in [1.54, 1.807) is 0 Å². The number of thiophene rings is 1. The first-order valence-corrected chi connectivity index (χ1v) is 8.34. The van der Waals surface area contributed by atoms with E-state index < -0.39 is 6.04 Å². The van der Waals surface area contributed by atoms with E-state index in [-0.39, 0.29) is 5.97 Å². The van der Waals surface area contributed by atoms with Gasteiger partial charge in [-0.15, -0.1) is 11.3 Å². The van der Waals surface area contributed by atoms with Crippen LogP contribution in [0.1, 0.15) is 10.9 Å². The smallest absolute Gasteiger partial charge is 0.333 e. The number of hydrogen-bond acceptors (Lipinski definition) is 4. The van der Waals surface area contributed by atoms with Gasteiger partial charge >= 0.3 is 5.97 Å². The molecule has 7 heteroatoms. The van der Waals surface area contributed by atoms with Crippen LogP contribution in [0, 0.1) is 0 Å². The van der Waals surface area contributed by atoms with Crippen LogP contribution >= 0.6 is 54.8 Å². The lowest BCUT2D eigenvalue weighted by Gasteiger charge is -2.16. The monoisotopic (exact) mass is 437 g/mol. The van der Waals surface area contributed by atoms with E-state index in [4.69, 9.17) is 16.3 Å². The van der Waals surface area contributed by atoms with Crippen molar-refractivity contribution in [2.75, 3.05) is 12.4 Å². The summed E-state index contributed by atoms with van der Waals surface area (Å²) in [5.74, 6) is -0.365. The number of nitrogens with one attached hydrogen (secondary N) is 1. The molecular weight excluding hydrogens is 429 g/mol. The summed E-state index contributed by atoms with van der Waals surface area (Å²) >= 11 is 14.1. The molecule has 2 rings (SSSR count). The molecular formula is C13H10Br2ClNO2S. The number of anilines is 1. The molecule has 0 saturated heterocycles. The second-order valence-electron chi connectivity index (χ2n) is 3.88. The summed E-state index contributed by atoms with van der Waals surface area (Å²) in [7, 11) is 1.36. The topological polar surface area (TPSA) is 38.3 Å². The third kappa shape index (κ3) is 3.75. The molecule has 1 aromatic heterocycles. The highest BCUT2D eigenvalue weighted by molar-refractivity contribution is 9.10. The first kappa shape index (κ1) is 15.8. The fourth-order valence-corrected chi connectivity index (χ4v) is 3.79. The minimum atomic E-state index is -0.594. The van der Waals surface area contributed by atoms with Crippen LogP contribution in [-0.2, 0) is 9.53 Å². The van der Waals surface area contributed by atoms with Crippen molar-refractivity contribution in [1.82, 2.24) is 0 Å². The van der Waals surface area contributed by atoms with Crippen LogP contribution in [0.25, 0.3) is 0 Å². The van der Waals surface area contributed by atoms with Crippen LogP contribution in [0.3, 0.4) is 0 Å². The van der Waals surface area contributed by atoms with Crippen molar-refractivity contribution < 1.29 is 9.53 Å². The molecule has 0 bridgehead atoms. The summed E-state index contributed by atoms with van der Waals surface area (Å²) in [5, 5.41) is 3.15. The number of hydrogen-bond donors (Lipinski definition) is 1. The zero-order chi connectivity index (χ0) is 14.7. The van der Waals surface area contributed by atoms with Crippen molar-refractivity contribution in [3.05, 3.63) is 48.5 Å². The van der Waals surface area contributed by atoms with Crippen LogP contribution in [-0.4, -0.2) is 13.1 Å². The summed E-state index contributed by atoms with van der Waals surface area (Å²) in [6.07, 6.45) is 0. The van der Waals surface area contributed by atoms with E-state index in [2.05, 4.69) is 37.2 Å². The molecule has 0 aliphatic rings. The molecule has 1 heterocycles. The number of carbonyl (C=O) groups is 1. The molecule has 0 fully saturated rings. The molecule has 1 atom stereocenters. The second-order valence-corrected chi connectivity index (χ2v) is 7.34. The summed E-state index contributed by atoms with van der Waals surface area (Å²) in [6.45, 7) is 0. The number of halogens is 3. The van der Waals surface area contributed by atoms with Crippen LogP contribution in [0.4, 0.5) is 5.69 Å². The first-order valence-electron chi connectivity index (χ1n) is 5.56. The van der Waals surface area contributed by atoms with Gasteiger partial charge in [0, 0.05) is 19.5 Å². The number of esters is 1. The van der Waals surface area contributed by atoms with Gasteiger partial charge < -0.3 is 10.1 Å².